The molecular weight excluding hydrogens is 252 g/mol. The smallest absolute Gasteiger partial charge is 0.204 e. The standard InChI is InChI=1S/C14H17ClO3/c1-14(2,3)13(17)11(16)8-9-7-10(15)5-6-12(9)18-4/h5-7H,8H2,1-4H3. The Hall–Kier alpha value is -1.35. The Labute approximate surface area is 112 Å². The molecule has 0 bridgehead atoms. The molecular formula is C14H17ClO3. The van der Waals surface area contributed by atoms with Crippen LogP contribution in [-0.2, 0) is 16.0 Å². The van der Waals surface area contributed by atoms with E-state index in [1.165, 1.54) is 7.11 Å². The van der Waals surface area contributed by atoms with E-state index in [1.54, 1.807) is 39.0 Å². The van der Waals surface area contributed by atoms with E-state index in [4.69, 9.17) is 16.3 Å². The first-order valence-corrected chi connectivity index (χ1v) is 6.03. The Morgan fingerprint density at radius 3 is 2.39 bits per heavy atom. The van der Waals surface area contributed by atoms with Crippen molar-refractivity contribution in [3.05, 3.63) is 28.8 Å². The van der Waals surface area contributed by atoms with Gasteiger partial charge in [-0.15, -0.1) is 0 Å². The monoisotopic (exact) mass is 268 g/mol. The fourth-order valence-electron chi connectivity index (χ4n) is 1.56. The highest BCUT2D eigenvalue weighted by Crippen LogP contribution is 2.24. The lowest BCUT2D eigenvalue weighted by Gasteiger charge is -2.15. The second kappa shape index (κ2) is 5.53. The first kappa shape index (κ1) is 14.7. The third kappa shape index (κ3) is 3.57. The van der Waals surface area contributed by atoms with Crippen molar-refractivity contribution in [2.45, 2.75) is 27.2 Å². The molecule has 0 spiro atoms. The van der Waals surface area contributed by atoms with Gasteiger partial charge in [-0.25, -0.2) is 0 Å². The second-order valence-electron chi connectivity index (χ2n) is 5.14. The molecule has 1 aromatic carbocycles. The SMILES string of the molecule is COc1ccc(Cl)cc1CC(=O)C(=O)C(C)(C)C. The van der Waals surface area contributed by atoms with Gasteiger partial charge in [0.05, 0.1) is 7.11 Å². The summed E-state index contributed by atoms with van der Waals surface area (Å²) in [5.41, 5.74) is -0.0318. The van der Waals surface area contributed by atoms with Crippen LogP contribution in [0, 0.1) is 5.41 Å². The average molecular weight is 269 g/mol. The Balaban J connectivity index is 2.95. The van der Waals surface area contributed by atoms with E-state index in [0.29, 0.717) is 16.3 Å². The van der Waals surface area contributed by atoms with Gasteiger partial charge in [0.15, 0.2) is 0 Å². The minimum absolute atomic E-state index is 0.0137. The molecule has 0 saturated carbocycles. The molecule has 0 atom stereocenters. The fraction of sp³-hybridized carbons (Fsp3) is 0.429. The highest BCUT2D eigenvalue weighted by atomic mass is 35.5. The van der Waals surface area contributed by atoms with E-state index in [9.17, 15) is 9.59 Å². The van der Waals surface area contributed by atoms with E-state index < -0.39 is 11.2 Å². The van der Waals surface area contributed by atoms with Crippen molar-refractivity contribution >= 4 is 23.2 Å². The minimum atomic E-state index is -0.664. The van der Waals surface area contributed by atoms with Crippen LogP contribution in [-0.4, -0.2) is 18.7 Å². The summed E-state index contributed by atoms with van der Waals surface area (Å²) in [7, 11) is 1.52. The average Bonchev–Trinajstić information content (AvgIpc) is 2.27. The van der Waals surface area contributed by atoms with E-state index in [1.807, 2.05) is 0 Å². The number of carbonyl (C=O) groups excluding carboxylic acids is 2. The summed E-state index contributed by atoms with van der Waals surface area (Å²) in [5.74, 6) is -0.248. The number of hydrogen-bond acceptors (Lipinski definition) is 3. The number of hydrogen-bond donors (Lipinski definition) is 0. The first-order chi connectivity index (χ1) is 8.25. The number of rotatable bonds is 4. The van der Waals surface area contributed by atoms with Crippen LogP contribution in [0.3, 0.4) is 0 Å². The molecule has 0 aromatic heterocycles. The van der Waals surface area contributed by atoms with Gasteiger partial charge in [0.1, 0.15) is 5.75 Å². The number of halogens is 1. The van der Waals surface area contributed by atoms with Crippen LogP contribution in [0.4, 0.5) is 0 Å². The van der Waals surface area contributed by atoms with E-state index in [2.05, 4.69) is 0 Å². The van der Waals surface area contributed by atoms with Crippen LogP contribution >= 0.6 is 11.6 Å². The number of ketones is 2. The van der Waals surface area contributed by atoms with Crippen LogP contribution in [0.5, 0.6) is 5.75 Å². The fourth-order valence-corrected chi connectivity index (χ4v) is 1.75. The van der Waals surface area contributed by atoms with Crippen LogP contribution in [0.1, 0.15) is 26.3 Å². The molecule has 3 nitrogen and oxygen atoms in total. The molecule has 98 valence electrons. The summed E-state index contributed by atoms with van der Waals surface area (Å²) in [6.07, 6.45) is 0.0137. The Morgan fingerprint density at radius 1 is 1.28 bits per heavy atom. The van der Waals surface area contributed by atoms with Gasteiger partial charge < -0.3 is 4.74 Å². The predicted molar refractivity (Wildman–Crippen MR) is 71.2 cm³/mol. The van der Waals surface area contributed by atoms with Gasteiger partial charge in [-0.3, -0.25) is 9.59 Å². The maximum Gasteiger partial charge on any atom is 0.204 e. The molecule has 0 unspecified atom stereocenters. The summed E-state index contributed by atoms with van der Waals surface area (Å²) in [4.78, 5) is 23.7. The lowest BCUT2D eigenvalue weighted by molar-refractivity contribution is -0.140. The lowest BCUT2D eigenvalue weighted by Crippen LogP contribution is -2.29. The van der Waals surface area contributed by atoms with E-state index in [-0.39, 0.29) is 12.2 Å². The zero-order valence-electron chi connectivity index (χ0n) is 11.0. The van der Waals surface area contributed by atoms with Crippen LogP contribution in [0.15, 0.2) is 18.2 Å². The molecule has 0 aliphatic heterocycles. The van der Waals surface area contributed by atoms with E-state index >= 15 is 0 Å². The lowest BCUT2D eigenvalue weighted by atomic mass is 9.86. The normalized spacial score (nSPS) is 11.2. The van der Waals surface area contributed by atoms with Gasteiger partial charge in [0.25, 0.3) is 0 Å². The molecule has 0 fully saturated rings. The first-order valence-electron chi connectivity index (χ1n) is 5.65. The summed E-state index contributed by atoms with van der Waals surface area (Å²) in [6, 6.07) is 5.01. The number of ether oxygens (including phenoxy) is 1. The molecule has 18 heavy (non-hydrogen) atoms. The summed E-state index contributed by atoms with van der Waals surface area (Å²) < 4.78 is 5.14. The molecule has 0 saturated heterocycles. The second-order valence-corrected chi connectivity index (χ2v) is 5.57. The van der Waals surface area contributed by atoms with Gasteiger partial charge >= 0.3 is 0 Å². The third-order valence-electron chi connectivity index (χ3n) is 2.53. The van der Waals surface area contributed by atoms with Crippen molar-refractivity contribution in [2.24, 2.45) is 5.41 Å². The number of methoxy groups -OCH3 is 1. The molecule has 0 aliphatic rings. The highest BCUT2D eigenvalue weighted by Gasteiger charge is 2.28. The van der Waals surface area contributed by atoms with Crippen molar-refractivity contribution in [3.8, 4) is 5.75 Å². The summed E-state index contributed by atoms with van der Waals surface area (Å²) in [5, 5.41) is 0.516. The Morgan fingerprint density at radius 2 is 1.89 bits per heavy atom. The maximum atomic E-state index is 11.9. The zero-order chi connectivity index (χ0) is 13.9. The zero-order valence-corrected chi connectivity index (χ0v) is 11.8. The van der Waals surface area contributed by atoms with Gasteiger partial charge in [0.2, 0.25) is 11.6 Å². The van der Waals surface area contributed by atoms with Crippen LogP contribution in [0.2, 0.25) is 5.02 Å². The van der Waals surface area contributed by atoms with Crippen molar-refractivity contribution < 1.29 is 14.3 Å². The van der Waals surface area contributed by atoms with Crippen LogP contribution < -0.4 is 4.74 Å². The van der Waals surface area contributed by atoms with E-state index in [0.717, 1.165) is 0 Å². The van der Waals surface area contributed by atoms with Gasteiger partial charge in [-0.1, -0.05) is 32.4 Å². The molecule has 0 amide bonds. The molecule has 1 rings (SSSR count). The van der Waals surface area contributed by atoms with Gasteiger partial charge in [-0.05, 0) is 18.2 Å². The Kier molecular flexibility index (Phi) is 4.52. The largest absolute Gasteiger partial charge is 0.496 e. The molecule has 4 heteroatoms. The highest BCUT2D eigenvalue weighted by molar-refractivity contribution is 6.39. The van der Waals surface area contributed by atoms with Gasteiger partial charge in [0, 0.05) is 22.4 Å². The topological polar surface area (TPSA) is 43.4 Å². The molecule has 0 heterocycles. The number of Topliss-reactive ketones (excluding diaryl/α,β-unsaturated/α-hetero) is 2. The van der Waals surface area contributed by atoms with Crippen molar-refractivity contribution in [2.75, 3.05) is 7.11 Å². The van der Waals surface area contributed by atoms with Crippen molar-refractivity contribution in [1.82, 2.24) is 0 Å². The molecule has 1 aromatic rings. The van der Waals surface area contributed by atoms with Crippen molar-refractivity contribution in [3.63, 3.8) is 0 Å². The van der Waals surface area contributed by atoms with Gasteiger partial charge in [-0.2, -0.15) is 0 Å². The predicted octanol–water partition coefficient (Wildman–Crippen LogP) is 3.08. The van der Waals surface area contributed by atoms with Crippen LogP contribution in [0.25, 0.3) is 0 Å². The number of benzene rings is 1. The quantitative estimate of drug-likeness (QED) is 0.788. The Bertz CT molecular complexity index is 472. The molecule has 0 radical (unpaired) electrons. The minimum Gasteiger partial charge on any atom is -0.496 e. The molecule has 0 N–H and O–H groups in total. The van der Waals surface area contributed by atoms with Crippen molar-refractivity contribution in [1.29, 1.82) is 0 Å². The number of carbonyl (C=O) groups is 2. The molecule has 0 aliphatic carbocycles. The maximum absolute atomic E-state index is 11.9. The summed E-state index contributed by atoms with van der Waals surface area (Å²) >= 11 is 5.87. The third-order valence-corrected chi connectivity index (χ3v) is 2.76. The summed E-state index contributed by atoms with van der Waals surface area (Å²) in [6.45, 7) is 5.17.